The molecule has 0 aliphatic heterocycles. The van der Waals surface area contributed by atoms with Crippen LogP contribution < -0.4 is 10.9 Å². The fourth-order valence-electron chi connectivity index (χ4n) is 3.45. The highest BCUT2D eigenvalue weighted by Crippen LogP contribution is 2.34. The van der Waals surface area contributed by atoms with Gasteiger partial charge >= 0.3 is 0 Å². The van der Waals surface area contributed by atoms with Gasteiger partial charge in [-0.25, -0.2) is 4.98 Å². The zero-order valence-electron chi connectivity index (χ0n) is 15.6. The fraction of sp³-hybridized carbons (Fsp3) is 0.143. The standard InChI is InChI=1S/C21H18Cl2N4O/c1-4-6-15-11(2)12-9-10-16-19(17(12)20(28)24-15)27(3)21(25-16)26-18-13(22)7-5-8-14(18)23/h4-10H,1-3H3,(H,24,28)(H,25,26)/b6-4-. The third-order valence-corrected chi connectivity index (χ3v) is 5.48. The molecule has 0 bridgehead atoms. The number of aromatic nitrogens is 3. The number of hydrogen-bond donors (Lipinski definition) is 2. The lowest BCUT2D eigenvalue weighted by atomic mass is 10.0. The first-order chi connectivity index (χ1) is 13.4. The van der Waals surface area contributed by atoms with E-state index < -0.39 is 0 Å². The summed E-state index contributed by atoms with van der Waals surface area (Å²) in [6, 6.07) is 9.15. The van der Waals surface area contributed by atoms with E-state index in [0.29, 0.717) is 32.6 Å². The second kappa shape index (κ2) is 7.00. The van der Waals surface area contributed by atoms with Gasteiger partial charge in [-0.2, -0.15) is 0 Å². The molecule has 2 aromatic carbocycles. The minimum absolute atomic E-state index is 0.148. The molecule has 0 fully saturated rings. The van der Waals surface area contributed by atoms with E-state index in [0.717, 1.165) is 22.2 Å². The summed E-state index contributed by atoms with van der Waals surface area (Å²) in [5, 5.41) is 5.69. The Bertz CT molecular complexity index is 1300. The molecule has 0 amide bonds. The number of hydrogen-bond acceptors (Lipinski definition) is 3. The summed E-state index contributed by atoms with van der Waals surface area (Å²) in [6.07, 6.45) is 3.80. The number of para-hydroxylation sites is 1. The van der Waals surface area contributed by atoms with Crippen molar-refractivity contribution >= 4 is 62.7 Å². The first kappa shape index (κ1) is 18.6. The van der Waals surface area contributed by atoms with Crippen LogP contribution in [0.5, 0.6) is 0 Å². The Morgan fingerprint density at radius 1 is 1.18 bits per heavy atom. The van der Waals surface area contributed by atoms with Gasteiger partial charge in [0, 0.05) is 12.7 Å². The highest BCUT2D eigenvalue weighted by Gasteiger charge is 2.17. The van der Waals surface area contributed by atoms with Gasteiger partial charge in [-0.1, -0.05) is 41.4 Å². The second-order valence-corrected chi connectivity index (χ2v) is 7.38. The van der Waals surface area contributed by atoms with Gasteiger partial charge in [-0.3, -0.25) is 4.79 Å². The number of rotatable bonds is 3. The Morgan fingerprint density at radius 2 is 1.89 bits per heavy atom. The van der Waals surface area contributed by atoms with Crippen LogP contribution in [-0.4, -0.2) is 14.5 Å². The van der Waals surface area contributed by atoms with Crippen molar-refractivity contribution in [1.82, 2.24) is 14.5 Å². The average Bonchev–Trinajstić information content (AvgIpc) is 2.98. The zero-order chi connectivity index (χ0) is 20.0. The Morgan fingerprint density at radius 3 is 2.57 bits per heavy atom. The van der Waals surface area contributed by atoms with E-state index in [9.17, 15) is 4.79 Å². The number of allylic oxidation sites excluding steroid dienone is 1. The Kier molecular flexibility index (Phi) is 4.65. The lowest BCUT2D eigenvalue weighted by molar-refractivity contribution is 0.960. The zero-order valence-corrected chi connectivity index (χ0v) is 17.1. The van der Waals surface area contributed by atoms with Crippen LogP contribution in [0.25, 0.3) is 27.9 Å². The van der Waals surface area contributed by atoms with Gasteiger partial charge in [-0.15, -0.1) is 0 Å². The topological polar surface area (TPSA) is 62.7 Å². The third kappa shape index (κ3) is 2.87. The van der Waals surface area contributed by atoms with Crippen LogP contribution in [0.3, 0.4) is 0 Å². The SMILES string of the molecule is C/C=C\c1[nH]c(=O)c2c(ccc3nc(Nc4c(Cl)cccc4Cl)n(C)c32)c1C. The van der Waals surface area contributed by atoms with Gasteiger partial charge in [0.15, 0.2) is 0 Å². The molecule has 28 heavy (non-hydrogen) atoms. The molecule has 0 saturated carbocycles. The van der Waals surface area contributed by atoms with Gasteiger partial charge in [0.05, 0.1) is 32.2 Å². The van der Waals surface area contributed by atoms with Crippen LogP contribution in [0.15, 0.2) is 41.2 Å². The number of nitrogens with zero attached hydrogens (tertiary/aromatic N) is 2. The van der Waals surface area contributed by atoms with E-state index >= 15 is 0 Å². The maximum Gasteiger partial charge on any atom is 0.258 e. The number of benzene rings is 2. The molecule has 142 valence electrons. The molecule has 4 aromatic rings. The van der Waals surface area contributed by atoms with E-state index in [1.807, 2.05) is 49.7 Å². The number of halogens is 2. The van der Waals surface area contributed by atoms with Crippen LogP contribution in [0, 0.1) is 6.92 Å². The molecule has 0 atom stereocenters. The van der Waals surface area contributed by atoms with Crippen LogP contribution in [0.4, 0.5) is 11.6 Å². The molecule has 7 heteroatoms. The fourth-order valence-corrected chi connectivity index (χ4v) is 3.94. The first-order valence-corrected chi connectivity index (χ1v) is 9.53. The molecule has 0 spiro atoms. The van der Waals surface area contributed by atoms with Gasteiger partial charge in [0.25, 0.3) is 5.56 Å². The van der Waals surface area contributed by atoms with Gasteiger partial charge in [0.1, 0.15) is 0 Å². The number of nitrogens with one attached hydrogen (secondary N) is 2. The van der Waals surface area contributed by atoms with Crippen LogP contribution in [0.2, 0.25) is 10.0 Å². The minimum atomic E-state index is -0.148. The van der Waals surface area contributed by atoms with Crippen molar-refractivity contribution in [3.63, 3.8) is 0 Å². The molecule has 2 N–H and O–H groups in total. The molecule has 2 heterocycles. The normalized spacial score (nSPS) is 11.8. The van der Waals surface area contributed by atoms with E-state index in [1.165, 1.54) is 0 Å². The molecule has 0 radical (unpaired) electrons. The number of pyridine rings is 1. The highest BCUT2D eigenvalue weighted by atomic mass is 35.5. The van der Waals surface area contributed by atoms with Crippen LogP contribution in [0.1, 0.15) is 18.2 Å². The van der Waals surface area contributed by atoms with Gasteiger partial charge < -0.3 is 14.9 Å². The lowest BCUT2D eigenvalue weighted by Crippen LogP contribution is -2.11. The van der Waals surface area contributed by atoms with Crippen molar-refractivity contribution in [2.24, 2.45) is 7.05 Å². The third-order valence-electron chi connectivity index (χ3n) is 4.85. The van der Waals surface area contributed by atoms with Crippen LogP contribution in [-0.2, 0) is 7.05 Å². The van der Waals surface area contributed by atoms with Gasteiger partial charge in [0.2, 0.25) is 5.95 Å². The quantitative estimate of drug-likeness (QED) is 0.446. The van der Waals surface area contributed by atoms with Crippen molar-refractivity contribution in [3.8, 4) is 0 Å². The summed E-state index contributed by atoms with van der Waals surface area (Å²) in [6.45, 7) is 3.92. The lowest BCUT2D eigenvalue weighted by Gasteiger charge is -2.10. The average molecular weight is 413 g/mol. The summed E-state index contributed by atoms with van der Waals surface area (Å²) < 4.78 is 1.85. The maximum atomic E-state index is 12.9. The summed E-state index contributed by atoms with van der Waals surface area (Å²) in [7, 11) is 1.86. The molecule has 0 unspecified atom stereocenters. The van der Waals surface area contributed by atoms with E-state index in [2.05, 4.69) is 15.3 Å². The molecular weight excluding hydrogens is 395 g/mol. The monoisotopic (exact) mass is 412 g/mol. The number of aromatic amines is 1. The molecule has 0 aliphatic rings. The summed E-state index contributed by atoms with van der Waals surface area (Å²) in [5.74, 6) is 0.548. The molecule has 5 nitrogen and oxygen atoms in total. The summed E-state index contributed by atoms with van der Waals surface area (Å²) >= 11 is 12.5. The van der Waals surface area contributed by atoms with Crippen LogP contribution >= 0.6 is 23.2 Å². The Labute approximate surface area is 171 Å². The smallest absolute Gasteiger partial charge is 0.258 e. The van der Waals surface area contributed by atoms with Crippen molar-refractivity contribution in [2.45, 2.75) is 13.8 Å². The van der Waals surface area contributed by atoms with E-state index in [4.69, 9.17) is 23.2 Å². The number of fused-ring (bicyclic) bond motifs is 3. The Balaban J connectivity index is 1.98. The molecule has 0 aliphatic carbocycles. The molecule has 0 saturated heterocycles. The van der Waals surface area contributed by atoms with Gasteiger partial charge in [-0.05, 0) is 49.1 Å². The Hall–Kier alpha value is -2.76. The number of anilines is 2. The van der Waals surface area contributed by atoms with E-state index in [-0.39, 0.29) is 5.56 Å². The number of imidazole rings is 1. The van der Waals surface area contributed by atoms with E-state index in [1.54, 1.807) is 18.2 Å². The largest absolute Gasteiger partial charge is 0.323 e. The molecule has 2 aromatic heterocycles. The molecular formula is C21H18Cl2N4O. The summed E-state index contributed by atoms with van der Waals surface area (Å²) in [4.78, 5) is 20.5. The van der Waals surface area contributed by atoms with Crippen molar-refractivity contribution in [3.05, 3.63) is 68.1 Å². The minimum Gasteiger partial charge on any atom is -0.323 e. The maximum absolute atomic E-state index is 12.9. The number of aryl methyl sites for hydroxylation is 2. The number of H-pyrrole nitrogens is 1. The van der Waals surface area contributed by atoms with Crippen molar-refractivity contribution < 1.29 is 0 Å². The molecule has 4 rings (SSSR count). The second-order valence-electron chi connectivity index (χ2n) is 6.56. The first-order valence-electron chi connectivity index (χ1n) is 8.78. The predicted molar refractivity (Wildman–Crippen MR) is 118 cm³/mol. The predicted octanol–water partition coefficient (Wildman–Crippen LogP) is 5.81. The van der Waals surface area contributed by atoms with Crippen molar-refractivity contribution in [1.29, 1.82) is 0 Å². The highest BCUT2D eigenvalue weighted by molar-refractivity contribution is 6.39. The van der Waals surface area contributed by atoms with Crippen molar-refractivity contribution in [2.75, 3.05) is 5.32 Å². The summed E-state index contributed by atoms with van der Waals surface area (Å²) in [5.41, 5.74) is 3.71.